The Morgan fingerprint density at radius 2 is 1.77 bits per heavy atom. The van der Waals surface area contributed by atoms with Crippen LogP contribution in [-0.4, -0.2) is 36.0 Å². The van der Waals surface area contributed by atoms with Crippen LogP contribution >= 0.6 is 0 Å². The first kappa shape index (κ1) is 24.1. The van der Waals surface area contributed by atoms with Crippen molar-refractivity contribution in [3.63, 3.8) is 0 Å². The van der Waals surface area contributed by atoms with E-state index < -0.39 is 24.5 Å². The number of ether oxygens (including phenoxy) is 1. The maximum absolute atomic E-state index is 13.2. The Hall–Kier alpha value is -4.00. The second kappa shape index (κ2) is 11.0. The lowest BCUT2D eigenvalue weighted by molar-refractivity contribution is -0.123. The molecule has 2 aromatic carbocycles. The van der Waals surface area contributed by atoms with Gasteiger partial charge >= 0.3 is 12.0 Å². The molecule has 7 nitrogen and oxygen atoms in total. The third-order valence-corrected chi connectivity index (χ3v) is 5.88. The Morgan fingerprint density at radius 1 is 1.03 bits per heavy atom. The van der Waals surface area contributed by atoms with Crippen LogP contribution in [0.5, 0.6) is 0 Å². The van der Waals surface area contributed by atoms with Crippen molar-refractivity contribution >= 4 is 40.5 Å². The molecule has 0 atom stereocenters. The lowest BCUT2D eigenvalue weighted by Crippen LogP contribution is -2.42. The Kier molecular flexibility index (Phi) is 7.55. The van der Waals surface area contributed by atoms with Crippen LogP contribution in [0.2, 0.25) is 0 Å². The molecule has 0 radical (unpaired) electrons. The zero-order valence-corrected chi connectivity index (χ0v) is 20.0. The molecule has 0 bridgehead atoms. The maximum atomic E-state index is 13.2. The van der Waals surface area contributed by atoms with E-state index in [1.807, 2.05) is 68.4 Å². The second-order valence-corrected chi connectivity index (χ2v) is 8.97. The number of rotatable bonds is 7. The molecule has 1 heterocycles. The van der Waals surface area contributed by atoms with Gasteiger partial charge in [-0.1, -0.05) is 62.4 Å². The van der Waals surface area contributed by atoms with Crippen LogP contribution in [0.4, 0.5) is 4.79 Å². The fourth-order valence-electron chi connectivity index (χ4n) is 4.15. The van der Waals surface area contributed by atoms with Gasteiger partial charge < -0.3 is 10.1 Å². The standard InChI is InChI=1S/C28H29N3O4/c1-18(2)14-15-29-28(34)31-24(32)17-35-27(33)25-21-10-6-7-11-23(21)30-26-20(12-13-22(25)26)16-19-8-4-3-5-9-19/h3-11,16,18H,12-15,17H2,1-2H3,(H2,29,31,32,34). The fourth-order valence-corrected chi connectivity index (χ4v) is 4.15. The monoisotopic (exact) mass is 471 g/mol. The van der Waals surface area contributed by atoms with Crippen molar-refractivity contribution in [3.05, 3.63) is 77.0 Å². The minimum absolute atomic E-state index is 0.427. The fraction of sp³-hybridized carbons (Fsp3) is 0.286. The maximum Gasteiger partial charge on any atom is 0.339 e. The van der Waals surface area contributed by atoms with Gasteiger partial charge in [-0.3, -0.25) is 10.1 Å². The molecule has 0 unspecified atom stereocenters. The van der Waals surface area contributed by atoms with E-state index in [9.17, 15) is 14.4 Å². The van der Waals surface area contributed by atoms with E-state index in [2.05, 4.69) is 16.7 Å². The second-order valence-electron chi connectivity index (χ2n) is 8.97. The molecule has 0 spiro atoms. The molecule has 3 aromatic rings. The normalized spacial score (nSPS) is 13.6. The number of esters is 1. The number of nitrogens with zero attached hydrogens (tertiary/aromatic N) is 1. The van der Waals surface area contributed by atoms with Gasteiger partial charge in [0.15, 0.2) is 6.61 Å². The number of para-hydroxylation sites is 1. The number of benzene rings is 2. The number of carbonyl (C=O) groups excluding carboxylic acids is 3. The Bertz CT molecular complexity index is 1280. The Labute approximate surface area is 204 Å². The number of allylic oxidation sites excluding steroid dienone is 1. The summed E-state index contributed by atoms with van der Waals surface area (Å²) < 4.78 is 5.34. The highest BCUT2D eigenvalue weighted by molar-refractivity contribution is 6.08. The summed E-state index contributed by atoms with van der Waals surface area (Å²) in [4.78, 5) is 42.0. The molecule has 2 N–H and O–H groups in total. The lowest BCUT2D eigenvalue weighted by Gasteiger charge is -2.12. The van der Waals surface area contributed by atoms with Gasteiger partial charge in [-0.25, -0.2) is 14.6 Å². The summed E-state index contributed by atoms with van der Waals surface area (Å²) in [7, 11) is 0. The minimum atomic E-state index is -0.680. The molecule has 0 saturated heterocycles. The van der Waals surface area contributed by atoms with Crippen LogP contribution in [0.3, 0.4) is 0 Å². The summed E-state index contributed by atoms with van der Waals surface area (Å²) in [5.74, 6) is -0.844. The third-order valence-electron chi connectivity index (χ3n) is 5.88. The number of urea groups is 1. The third kappa shape index (κ3) is 5.93. The number of hydrogen-bond acceptors (Lipinski definition) is 5. The van der Waals surface area contributed by atoms with Crippen LogP contribution in [0.15, 0.2) is 54.6 Å². The van der Waals surface area contributed by atoms with Gasteiger partial charge in [0, 0.05) is 11.9 Å². The SMILES string of the molecule is CC(C)CCNC(=O)NC(=O)COC(=O)c1c2c(nc3ccccc13)C(=Cc1ccccc1)CC2. The predicted molar refractivity (Wildman–Crippen MR) is 136 cm³/mol. The number of hydrogen-bond donors (Lipinski definition) is 2. The van der Waals surface area contributed by atoms with Crippen LogP contribution in [0, 0.1) is 5.92 Å². The van der Waals surface area contributed by atoms with Gasteiger partial charge in [0.2, 0.25) is 0 Å². The summed E-state index contributed by atoms with van der Waals surface area (Å²) in [6, 6.07) is 16.8. The summed E-state index contributed by atoms with van der Waals surface area (Å²) in [5, 5.41) is 5.50. The summed E-state index contributed by atoms with van der Waals surface area (Å²) in [6.45, 7) is 4.01. The van der Waals surface area contributed by atoms with Crippen LogP contribution < -0.4 is 10.6 Å². The van der Waals surface area contributed by atoms with E-state index in [0.29, 0.717) is 35.3 Å². The van der Waals surface area contributed by atoms with E-state index in [4.69, 9.17) is 9.72 Å². The van der Waals surface area contributed by atoms with Crippen molar-refractivity contribution in [2.45, 2.75) is 33.1 Å². The smallest absolute Gasteiger partial charge is 0.339 e. The molecule has 35 heavy (non-hydrogen) atoms. The van der Waals surface area contributed by atoms with Gasteiger partial charge in [0.1, 0.15) is 0 Å². The van der Waals surface area contributed by atoms with Crippen molar-refractivity contribution in [2.75, 3.05) is 13.2 Å². The lowest BCUT2D eigenvalue weighted by atomic mass is 10.0. The molecule has 1 aromatic heterocycles. The minimum Gasteiger partial charge on any atom is -0.452 e. The van der Waals surface area contributed by atoms with E-state index in [1.165, 1.54) is 0 Å². The predicted octanol–water partition coefficient (Wildman–Crippen LogP) is 4.75. The van der Waals surface area contributed by atoms with Gasteiger partial charge in [0.25, 0.3) is 5.91 Å². The first-order valence-corrected chi connectivity index (χ1v) is 11.8. The topological polar surface area (TPSA) is 97.4 Å². The van der Waals surface area contributed by atoms with Crippen molar-refractivity contribution in [1.82, 2.24) is 15.6 Å². The molecule has 1 aliphatic rings. The van der Waals surface area contributed by atoms with Crippen LogP contribution in [0.1, 0.15) is 53.9 Å². The van der Waals surface area contributed by atoms with Gasteiger partial charge in [-0.2, -0.15) is 0 Å². The average molecular weight is 472 g/mol. The Morgan fingerprint density at radius 3 is 2.54 bits per heavy atom. The number of amides is 3. The van der Waals surface area contributed by atoms with Crippen molar-refractivity contribution in [1.29, 1.82) is 0 Å². The van der Waals surface area contributed by atoms with E-state index in [0.717, 1.165) is 35.2 Å². The number of pyridine rings is 1. The van der Waals surface area contributed by atoms with Gasteiger partial charge in [-0.15, -0.1) is 0 Å². The van der Waals surface area contributed by atoms with Crippen molar-refractivity contribution in [3.8, 4) is 0 Å². The molecular formula is C28H29N3O4. The Balaban J connectivity index is 1.52. The summed E-state index contributed by atoms with van der Waals surface area (Å²) in [5.41, 5.74) is 4.85. The first-order chi connectivity index (χ1) is 16.9. The summed E-state index contributed by atoms with van der Waals surface area (Å²) >= 11 is 0. The molecule has 0 aliphatic heterocycles. The molecular weight excluding hydrogens is 442 g/mol. The number of fused-ring (bicyclic) bond motifs is 2. The number of carbonyl (C=O) groups is 3. The molecule has 3 amide bonds. The highest BCUT2D eigenvalue weighted by atomic mass is 16.5. The number of imide groups is 1. The molecule has 0 fully saturated rings. The highest BCUT2D eigenvalue weighted by Crippen LogP contribution is 2.37. The summed E-state index contributed by atoms with van der Waals surface area (Å²) in [6.07, 6.45) is 4.30. The molecule has 4 rings (SSSR count). The first-order valence-electron chi connectivity index (χ1n) is 11.8. The van der Waals surface area contributed by atoms with Gasteiger partial charge in [0.05, 0.1) is 16.8 Å². The van der Waals surface area contributed by atoms with Crippen LogP contribution in [-0.2, 0) is 16.0 Å². The van der Waals surface area contributed by atoms with E-state index >= 15 is 0 Å². The quantitative estimate of drug-likeness (QED) is 0.485. The molecule has 7 heteroatoms. The van der Waals surface area contributed by atoms with Crippen molar-refractivity contribution < 1.29 is 19.1 Å². The zero-order chi connectivity index (χ0) is 24.8. The largest absolute Gasteiger partial charge is 0.452 e. The molecule has 180 valence electrons. The molecule has 1 aliphatic carbocycles. The highest BCUT2D eigenvalue weighted by Gasteiger charge is 2.28. The van der Waals surface area contributed by atoms with Gasteiger partial charge in [-0.05, 0) is 54.0 Å². The van der Waals surface area contributed by atoms with Crippen molar-refractivity contribution in [2.24, 2.45) is 5.92 Å². The number of nitrogens with one attached hydrogen (secondary N) is 2. The van der Waals surface area contributed by atoms with Crippen LogP contribution in [0.25, 0.3) is 22.6 Å². The number of aromatic nitrogens is 1. The van der Waals surface area contributed by atoms with E-state index in [1.54, 1.807) is 0 Å². The molecule has 0 saturated carbocycles. The zero-order valence-electron chi connectivity index (χ0n) is 20.0. The van der Waals surface area contributed by atoms with E-state index in [-0.39, 0.29) is 0 Å². The average Bonchev–Trinajstić information content (AvgIpc) is 3.23.